The lowest BCUT2D eigenvalue weighted by Gasteiger charge is -2.35. The standard InChI is InChI=1S/C14H25N3OS/c18-14(16-11-5-9-19-10-11)13-2-1-8-17(13)12-3-6-15-7-4-12/h11-13,15H,1-10H2,(H,16,18). The minimum absolute atomic E-state index is 0.147. The van der Waals surface area contributed by atoms with Gasteiger partial charge in [-0.05, 0) is 57.5 Å². The lowest BCUT2D eigenvalue weighted by atomic mass is 10.0. The zero-order valence-electron chi connectivity index (χ0n) is 11.6. The van der Waals surface area contributed by atoms with E-state index in [1.54, 1.807) is 0 Å². The molecule has 0 aromatic heterocycles. The first kappa shape index (κ1) is 13.7. The summed E-state index contributed by atoms with van der Waals surface area (Å²) in [7, 11) is 0. The molecule has 3 aliphatic rings. The maximum Gasteiger partial charge on any atom is 0.237 e. The minimum atomic E-state index is 0.147. The van der Waals surface area contributed by atoms with E-state index in [0.29, 0.717) is 18.0 Å². The number of piperidine rings is 1. The molecule has 0 radical (unpaired) electrons. The minimum Gasteiger partial charge on any atom is -0.351 e. The zero-order valence-corrected chi connectivity index (χ0v) is 12.4. The first-order chi connectivity index (χ1) is 9.34. The quantitative estimate of drug-likeness (QED) is 0.805. The highest BCUT2D eigenvalue weighted by Gasteiger charge is 2.36. The molecule has 0 aromatic rings. The molecule has 0 bridgehead atoms. The summed E-state index contributed by atoms with van der Waals surface area (Å²) in [6, 6.07) is 1.19. The maximum absolute atomic E-state index is 12.5. The lowest BCUT2D eigenvalue weighted by Crippen LogP contribution is -2.52. The van der Waals surface area contributed by atoms with Crippen molar-refractivity contribution in [2.45, 2.75) is 50.2 Å². The van der Waals surface area contributed by atoms with Crippen LogP contribution in [0.15, 0.2) is 0 Å². The van der Waals surface area contributed by atoms with Gasteiger partial charge in [0.1, 0.15) is 0 Å². The van der Waals surface area contributed by atoms with Gasteiger partial charge in [0.05, 0.1) is 6.04 Å². The fraction of sp³-hybridized carbons (Fsp3) is 0.929. The van der Waals surface area contributed by atoms with E-state index in [-0.39, 0.29) is 6.04 Å². The molecule has 0 aromatic carbocycles. The highest BCUT2D eigenvalue weighted by Crippen LogP contribution is 2.25. The molecule has 2 unspecified atom stereocenters. The van der Waals surface area contributed by atoms with E-state index in [9.17, 15) is 4.79 Å². The van der Waals surface area contributed by atoms with Gasteiger partial charge in [0.2, 0.25) is 5.91 Å². The van der Waals surface area contributed by atoms with E-state index in [2.05, 4.69) is 15.5 Å². The van der Waals surface area contributed by atoms with Crippen molar-refractivity contribution in [1.82, 2.24) is 15.5 Å². The van der Waals surface area contributed by atoms with Crippen molar-refractivity contribution in [3.8, 4) is 0 Å². The Kier molecular flexibility index (Phi) is 4.66. The van der Waals surface area contributed by atoms with Crippen molar-refractivity contribution in [3.63, 3.8) is 0 Å². The average molecular weight is 283 g/mol. The van der Waals surface area contributed by atoms with Crippen molar-refractivity contribution in [2.24, 2.45) is 0 Å². The largest absolute Gasteiger partial charge is 0.351 e. The fourth-order valence-electron chi connectivity index (χ4n) is 3.59. The SMILES string of the molecule is O=C(NC1CCSC1)C1CCCN1C1CCNCC1. The third kappa shape index (κ3) is 3.26. The first-order valence-corrected chi connectivity index (χ1v) is 8.84. The normalized spacial score (nSPS) is 33.7. The van der Waals surface area contributed by atoms with Crippen LogP contribution in [0.25, 0.3) is 0 Å². The molecule has 2 atom stereocenters. The summed E-state index contributed by atoms with van der Waals surface area (Å²) in [5.41, 5.74) is 0. The van der Waals surface area contributed by atoms with Crippen molar-refractivity contribution >= 4 is 17.7 Å². The molecule has 3 aliphatic heterocycles. The molecule has 3 saturated heterocycles. The predicted molar refractivity (Wildman–Crippen MR) is 79.5 cm³/mol. The van der Waals surface area contributed by atoms with E-state index in [0.717, 1.165) is 38.2 Å². The van der Waals surface area contributed by atoms with Crippen molar-refractivity contribution < 1.29 is 4.79 Å². The summed E-state index contributed by atoms with van der Waals surface area (Å²) in [5.74, 6) is 2.60. The Bertz CT molecular complexity index is 314. The van der Waals surface area contributed by atoms with Crippen LogP contribution in [0.5, 0.6) is 0 Å². The van der Waals surface area contributed by atoms with Crippen LogP contribution in [0, 0.1) is 0 Å². The van der Waals surface area contributed by atoms with E-state index < -0.39 is 0 Å². The number of carbonyl (C=O) groups excluding carboxylic acids is 1. The Labute approximate surface area is 120 Å². The van der Waals surface area contributed by atoms with Crippen LogP contribution in [0.1, 0.15) is 32.1 Å². The number of nitrogens with one attached hydrogen (secondary N) is 2. The van der Waals surface area contributed by atoms with Gasteiger partial charge in [0.25, 0.3) is 0 Å². The molecule has 3 rings (SSSR count). The van der Waals surface area contributed by atoms with E-state index in [1.807, 2.05) is 11.8 Å². The van der Waals surface area contributed by atoms with Crippen LogP contribution in [-0.2, 0) is 4.79 Å². The topological polar surface area (TPSA) is 44.4 Å². The Hall–Kier alpha value is -0.260. The Morgan fingerprint density at radius 1 is 1.21 bits per heavy atom. The Morgan fingerprint density at radius 3 is 2.79 bits per heavy atom. The number of thioether (sulfide) groups is 1. The molecule has 3 heterocycles. The van der Waals surface area contributed by atoms with Gasteiger partial charge < -0.3 is 10.6 Å². The molecule has 2 N–H and O–H groups in total. The number of rotatable bonds is 3. The highest BCUT2D eigenvalue weighted by atomic mass is 32.2. The van der Waals surface area contributed by atoms with Crippen LogP contribution < -0.4 is 10.6 Å². The zero-order chi connectivity index (χ0) is 13.1. The summed E-state index contributed by atoms with van der Waals surface area (Å²) in [4.78, 5) is 15.0. The van der Waals surface area contributed by atoms with Crippen LogP contribution in [0.2, 0.25) is 0 Å². The summed E-state index contributed by atoms with van der Waals surface area (Å²) >= 11 is 1.96. The van der Waals surface area contributed by atoms with E-state index >= 15 is 0 Å². The molecule has 1 amide bonds. The van der Waals surface area contributed by atoms with Gasteiger partial charge in [-0.2, -0.15) is 11.8 Å². The summed E-state index contributed by atoms with van der Waals surface area (Å²) in [6.07, 6.45) is 5.78. The summed E-state index contributed by atoms with van der Waals surface area (Å²) in [5, 5.41) is 6.68. The second kappa shape index (κ2) is 6.46. The summed E-state index contributed by atoms with van der Waals surface area (Å²) in [6.45, 7) is 3.33. The molecule has 19 heavy (non-hydrogen) atoms. The molecular formula is C14H25N3OS. The van der Waals surface area contributed by atoms with Crippen molar-refractivity contribution in [2.75, 3.05) is 31.1 Å². The van der Waals surface area contributed by atoms with Crippen molar-refractivity contribution in [1.29, 1.82) is 0 Å². The first-order valence-electron chi connectivity index (χ1n) is 7.69. The number of carbonyl (C=O) groups is 1. The molecule has 108 valence electrons. The second-order valence-corrected chi connectivity index (χ2v) is 7.10. The molecule has 5 heteroatoms. The number of hydrogen-bond acceptors (Lipinski definition) is 4. The molecule has 0 aliphatic carbocycles. The number of amides is 1. The van der Waals surface area contributed by atoms with Gasteiger partial charge >= 0.3 is 0 Å². The number of nitrogens with zero attached hydrogens (tertiary/aromatic N) is 1. The molecular weight excluding hydrogens is 258 g/mol. The molecule has 4 nitrogen and oxygen atoms in total. The third-order valence-electron chi connectivity index (χ3n) is 4.65. The van der Waals surface area contributed by atoms with Gasteiger partial charge in [-0.3, -0.25) is 9.69 Å². The Balaban J connectivity index is 1.56. The lowest BCUT2D eigenvalue weighted by molar-refractivity contribution is -0.127. The summed E-state index contributed by atoms with van der Waals surface area (Å²) < 4.78 is 0. The fourth-order valence-corrected chi connectivity index (χ4v) is 4.74. The molecule has 0 saturated carbocycles. The molecule has 3 fully saturated rings. The smallest absolute Gasteiger partial charge is 0.237 e. The predicted octanol–water partition coefficient (Wildman–Crippen LogP) is 0.825. The molecule has 0 spiro atoms. The van der Waals surface area contributed by atoms with E-state index in [4.69, 9.17) is 0 Å². The monoisotopic (exact) mass is 283 g/mol. The maximum atomic E-state index is 12.5. The number of likely N-dealkylation sites (tertiary alicyclic amines) is 1. The van der Waals surface area contributed by atoms with Crippen LogP contribution in [0.3, 0.4) is 0 Å². The van der Waals surface area contributed by atoms with Crippen molar-refractivity contribution in [3.05, 3.63) is 0 Å². The second-order valence-electron chi connectivity index (χ2n) is 5.95. The number of hydrogen-bond donors (Lipinski definition) is 2. The van der Waals surface area contributed by atoms with Crippen LogP contribution in [-0.4, -0.2) is 60.1 Å². The third-order valence-corrected chi connectivity index (χ3v) is 5.81. The van der Waals surface area contributed by atoms with E-state index in [1.165, 1.54) is 25.0 Å². The average Bonchev–Trinajstić information content (AvgIpc) is 3.10. The highest BCUT2D eigenvalue weighted by molar-refractivity contribution is 7.99. The Morgan fingerprint density at radius 2 is 2.05 bits per heavy atom. The van der Waals surface area contributed by atoms with Crippen LogP contribution >= 0.6 is 11.8 Å². The van der Waals surface area contributed by atoms with Gasteiger partial charge in [-0.15, -0.1) is 0 Å². The van der Waals surface area contributed by atoms with Crippen LogP contribution in [0.4, 0.5) is 0 Å². The van der Waals surface area contributed by atoms with Gasteiger partial charge in [0.15, 0.2) is 0 Å². The van der Waals surface area contributed by atoms with Gasteiger partial charge in [-0.1, -0.05) is 0 Å². The van der Waals surface area contributed by atoms with Gasteiger partial charge in [0, 0.05) is 17.8 Å². The van der Waals surface area contributed by atoms with Gasteiger partial charge in [-0.25, -0.2) is 0 Å².